The van der Waals surface area contributed by atoms with Crippen molar-refractivity contribution < 1.29 is 62.3 Å². The quantitative estimate of drug-likeness (QED) is 0.0357. The van der Waals surface area contributed by atoms with Crippen molar-refractivity contribution in [3.63, 3.8) is 0 Å². The number of para-hydroxylation sites is 1. The number of urea groups is 1. The number of aromatic nitrogens is 1. The van der Waals surface area contributed by atoms with Crippen LogP contribution in [0.4, 0.5) is 4.79 Å². The summed E-state index contributed by atoms with van der Waals surface area (Å²) >= 11 is 0. The summed E-state index contributed by atoms with van der Waals surface area (Å²) in [4.78, 5) is 182. The first-order chi connectivity index (χ1) is 40.9. The number of primary amides is 4. The molecule has 86 heavy (non-hydrogen) atoms. The molecule has 0 aliphatic carbocycles. The highest BCUT2D eigenvalue weighted by Gasteiger charge is 2.37. The summed E-state index contributed by atoms with van der Waals surface area (Å²) in [5.74, 6) is -11.9. The third kappa shape index (κ3) is 25.4. The molecule has 0 spiro atoms. The Bertz CT molecular complexity index is 2650. The second-order valence-electron chi connectivity index (χ2n) is 21.6. The minimum Gasteiger partial charge on any atom is -0.370 e. The van der Waals surface area contributed by atoms with Gasteiger partial charge < -0.3 is 98.3 Å². The fourth-order valence-electron chi connectivity index (χ4n) is 9.42. The predicted octanol–water partition coefficient (Wildman–Crippen LogP) is -4.62. The van der Waals surface area contributed by atoms with Crippen LogP contribution in [0.2, 0.25) is 0 Å². The lowest BCUT2D eigenvalue weighted by Gasteiger charge is -2.29. The number of nitrogens with one attached hydrogen (secondary N) is 11. The minimum absolute atomic E-state index is 0.00833. The van der Waals surface area contributed by atoms with Crippen molar-refractivity contribution in [1.82, 2.24) is 58.2 Å². The van der Waals surface area contributed by atoms with E-state index in [1.165, 1.54) is 0 Å². The molecule has 1 aliphatic rings. The largest absolute Gasteiger partial charge is 0.370 e. The first kappa shape index (κ1) is 71.8. The van der Waals surface area contributed by atoms with E-state index in [0.717, 1.165) is 0 Å². The Hall–Kier alpha value is -8.45. The second-order valence-corrected chi connectivity index (χ2v) is 21.6. The van der Waals surface area contributed by atoms with Gasteiger partial charge >= 0.3 is 6.03 Å². The predicted molar refractivity (Wildman–Crippen MR) is 315 cm³/mol. The number of benzene rings is 1. The topological polar surface area (TPSA) is 540 Å². The zero-order chi connectivity index (χ0) is 63.9. The lowest BCUT2D eigenvalue weighted by molar-refractivity contribution is -0.136. The molecule has 2 aromatic rings. The summed E-state index contributed by atoms with van der Waals surface area (Å²) in [7, 11) is 0. The molecule has 25 N–H and O–H groups in total. The number of amides is 14. The average Bonchev–Trinajstić information content (AvgIpc) is 4.13. The fourth-order valence-corrected chi connectivity index (χ4v) is 9.42. The van der Waals surface area contributed by atoms with Crippen molar-refractivity contribution >= 4 is 87.8 Å². The SMILES string of the molecule is CC(C)[C@@H]1NC(=O)[C@H](CCC(N)=O)NC(=O)[C@H](CCCCN)NC(=O)[C@H](CCC(N)=O)NC(=O)[C@H](CCCNC(N)=O)NC(=O)[C@H](CCCCN)NC(=O)[C@H](CCC(N)=O)NC(=O)[C@H](Cc2c[nH]c3ccccc23)NC(=O)[C@H](CCCCN)NC1=O. The van der Waals surface area contributed by atoms with Crippen LogP contribution in [0, 0.1) is 5.92 Å². The van der Waals surface area contributed by atoms with Crippen molar-refractivity contribution in [2.24, 2.45) is 46.1 Å². The molecule has 478 valence electrons. The zero-order valence-electron chi connectivity index (χ0n) is 49.1. The number of rotatable bonds is 28. The second kappa shape index (κ2) is 37.8. The van der Waals surface area contributed by atoms with Crippen LogP contribution in [-0.4, -0.2) is 162 Å². The Morgan fingerprint density at radius 1 is 0.430 bits per heavy atom. The monoisotopic (exact) mass is 1210 g/mol. The van der Waals surface area contributed by atoms with E-state index in [1.54, 1.807) is 44.3 Å². The average molecular weight is 1210 g/mol. The number of fused-ring (bicyclic) bond motifs is 1. The molecule has 3 rings (SSSR count). The molecule has 1 saturated heterocycles. The van der Waals surface area contributed by atoms with Gasteiger partial charge in [0, 0.05) is 49.3 Å². The van der Waals surface area contributed by atoms with Crippen LogP contribution in [0.15, 0.2) is 30.5 Å². The van der Waals surface area contributed by atoms with Crippen molar-refractivity contribution in [2.75, 3.05) is 26.2 Å². The van der Waals surface area contributed by atoms with Crippen molar-refractivity contribution in [3.05, 3.63) is 36.0 Å². The van der Waals surface area contributed by atoms with Gasteiger partial charge in [0.2, 0.25) is 70.9 Å². The van der Waals surface area contributed by atoms with E-state index in [9.17, 15) is 62.3 Å². The Kier molecular flexibility index (Phi) is 31.5. The van der Waals surface area contributed by atoms with Crippen LogP contribution in [0.5, 0.6) is 0 Å². The van der Waals surface area contributed by atoms with Gasteiger partial charge in [-0.05, 0) is 127 Å². The molecule has 1 aliphatic heterocycles. The van der Waals surface area contributed by atoms with E-state index in [2.05, 4.69) is 58.2 Å². The number of H-pyrrole nitrogens is 1. The Morgan fingerprint density at radius 3 is 1.12 bits per heavy atom. The highest BCUT2D eigenvalue weighted by atomic mass is 16.2. The Morgan fingerprint density at radius 2 is 0.756 bits per heavy atom. The molecule has 1 fully saturated rings. The molecule has 31 heteroatoms. The summed E-state index contributed by atoms with van der Waals surface area (Å²) in [6.07, 6.45) is 0.168. The number of hydrogen-bond donors (Lipinski definition) is 18. The maximum absolute atomic E-state index is 14.8. The van der Waals surface area contributed by atoms with E-state index in [1.807, 2.05) is 0 Å². The van der Waals surface area contributed by atoms with Gasteiger partial charge in [0.25, 0.3) is 0 Å². The van der Waals surface area contributed by atoms with Gasteiger partial charge in [-0.2, -0.15) is 0 Å². The normalized spacial score (nSPS) is 22.8. The van der Waals surface area contributed by atoms with Gasteiger partial charge in [-0.25, -0.2) is 4.79 Å². The molecule has 1 aromatic carbocycles. The third-order valence-corrected chi connectivity index (χ3v) is 14.3. The molecular formula is C55H90N18O13. The lowest BCUT2D eigenvalue weighted by atomic mass is 9.99. The molecule has 0 unspecified atom stereocenters. The molecule has 31 nitrogen and oxygen atoms in total. The van der Waals surface area contributed by atoms with Gasteiger partial charge in [0.05, 0.1) is 0 Å². The molecule has 1 aromatic heterocycles. The molecule has 0 radical (unpaired) electrons. The standard InChI is InChI=1S/C55H90N18O13/c1-30(2)45-54(85)71-36(16-7-10-26-58)49(80)72-41(28-31-29-64-33-13-4-3-12-32(31)33)53(84)70-39(19-22-43(60)75)51(82)65-34(14-5-8-24-56)46(77)67-37(17-11-27-63-55(62)86)48(79)68-38(18-21-42(59)74)50(81)66-35(15-6-9-25-57)47(78)69-40(52(83)73-45)20-23-44(61)76/h3-4,12-13,29-30,34-41,45,64H,5-11,14-28,56-58H2,1-2H3,(H2,59,74)(H2,60,75)(H2,61,76)(H,65,82)(H,66,81)(H,67,77)(H,68,79)(H,69,78)(H,70,84)(H,71,85)(H,72,80)(H,73,83)(H3,62,63,86)/t34-,35-,36-,37-,38-,39-,40-,41-,45-/m0/s1. The molecule has 14 amide bonds. The van der Waals surface area contributed by atoms with Crippen LogP contribution in [0.25, 0.3) is 10.9 Å². The van der Waals surface area contributed by atoms with Crippen LogP contribution in [0.1, 0.15) is 129 Å². The van der Waals surface area contributed by atoms with E-state index < -0.39 is 176 Å². The molecule has 0 saturated carbocycles. The summed E-state index contributed by atoms with van der Waals surface area (Å²) in [5.41, 5.74) is 40.4. The number of carbonyl (C=O) groups excluding carboxylic acids is 13. The van der Waals surface area contributed by atoms with Crippen LogP contribution in [0.3, 0.4) is 0 Å². The van der Waals surface area contributed by atoms with Gasteiger partial charge in [-0.15, -0.1) is 0 Å². The van der Waals surface area contributed by atoms with Gasteiger partial charge in [0.15, 0.2) is 0 Å². The zero-order valence-corrected chi connectivity index (χ0v) is 49.1. The maximum Gasteiger partial charge on any atom is 0.312 e. The van der Waals surface area contributed by atoms with Gasteiger partial charge in [0.1, 0.15) is 54.4 Å². The molecule has 2 heterocycles. The first-order valence-electron chi connectivity index (χ1n) is 29.2. The van der Waals surface area contributed by atoms with Crippen LogP contribution < -0.4 is 93.3 Å². The van der Waals surface area contributed by atoms with Crippen LogP contribution >= 0.6 is 0 Å². The summed E-state index contributed by atoms with van der Waals surface area (Å²) < 4.78 is 0. The van der Waals surface area contributed by atoms with Crippen LogP contribution in [-0.2, 0) is 64.0 Å². The fraction of sp³-hybridized carbons (Fsp3) is 0.618. The summed E-state index contributed by atoms with van der Waals surface area (Å²) in [6.45, 7) is 3.64. The number of hydrogen-bond acceptors (Lipinski definition) is 16. The number of carbonyl (C=O) groups is 13. The smallest absolute Gasteiger partial charge is 0.312 e. The number of unbranched alkanes of at least 4 members (excludes halogenated alkanes) is 3. The van der Waals surface area contributed by atoms with Gasteiger partial charge in [-0.1, -0.05) is 32.0 Å². The van der Waals surface area contributed by atoms with E-state index in [-0.39, 0.29) is 84.0 Å². The third-order valence-electron chi connectivity index (χ3n) is 14.3. The Balaban J connectivity index is 2.34. The van der Waals surface area contributed by atoms with E-state index in [4.69, 9.17) is 40.1 Å². The van der Waals surface area contributed by atoms with Crippen molar-refractivity contribution in [3.8, 4) is 0 Å². The summed E-state index contributed by atoms with van der Waals surface area (Å²) in [6, 6.07) is -7.49. The summed E-state index contributed by atoms with van der Waals surface area (Å²) in [5, 5.41) is 26.6. The first-order valence-corrected chi connectivity index (χ1v) is 29.2. The molecule has 0 bridgehead atoms. The highest BCUT2D eigenvalue weighted by molar-refractivity contribution is 6.00. The molecular weight excluding hydrogens is 1120 g/mol. The molecule has 9 atom stereocenters. The van der Waals surface area contributed by atoms with E-state index >= 15 is 0 Å². The van der Waals surface area contributed by atoms with Crippen molar-refractivity contribution in [1.29, 1.82) is 0 Å². The number of aromatic amines is 1. The maximum atomic E-state index is 14.8. The Labute approximate surface area is 498 Å². The number of nitrogens with two attached hydrogens (primary N) is 7. The van der Waals surface area contributed by atoms with Crippen molar-refractivity contribution in [2.45, 2.75) is 184 Å². The van der Waals surface area contributed by atoms with E-state index in [0.29, 0.717) is 35.7 Å². The van der Waals surface area contributed by atoms with Gasteiger partial charge in [-0.3, -0.25) is 57.5 Å². The minimum atomic E-state index is -1.64. The highest BCUT2D eigenvalue weighted by Crippen LogP contribution is 2.20. The lowest BCUT2D eigenvalue weighted by Crippen LogP contribution is -2.61.